The second-order valence-corrected chi connectivity index (χ2v) is 9.27. The monoisotopic (exact) mass is 422 g/mol. The second kappa shape index (κ2) is 8.11. The number of hydrogen-bond acceptors (Lipinski definition) is 5. The molecule has 1 saturated heterocycles. The highest BCUT2D eigenvalue weighted by molar-refractivity contribution is 5.81. The SMILES string of the molecule is COc1ccc(CN2CCc3c(nc([C@@H]4CCN(C(=O)[C@H]5C[C@H]5C)C4)[nH]c3=O)C2)cc1. The van der Waals surface area contributed by atoms with Gasteiger partial charge in [-0.1, -0.05) is 19.1 Å². The van der Waals surface area contributed by atoms with Crippen LogP contribution in [0.5, 0.6) is 5.75 Å². The number of hydrogen-bond donors (Lipinski definition) is 1. The van der Waals surface area contributed by atoms with Crippen molar-refractivity contribution in [2.75, 3.05) is 26.7 Å². The lowest BCUT2D eigenvalue weighted by molar-refractivity contribution is -0.131. The minimum atomic E-state index is -0.00955. The predicted molar refractivity (Wildman–Crippen MR) is 117 cm³/mol. The molecule has 1 amide bonds. The molecule has 1 aromatic carbocycles. The van der Waals surface area contributed by atoms with Crippen LogP contribution >= 0.6 is 0 Å². The lowest BCUT2D eigenvalue weighted by Crippen LogP contribution is -2.36. The molecular weight excluding hydrogens is 392 g/mol. The van der Waals surface area contributed by atoms with Gasteiger partial charge in [0, 0.05) is 50.1 Å². The van der Waals surface area contributed by atoms with Crippen LogP contribution in [-0.2, 0) is 24.3 Å². The smallest absolute Gasteiger partial charge is 0.254 e. The molecule has 1 saturated carbocycles. The van der Waals surface area contributed by atoms with Gasteiger partial charge >= 0.3 is 0 Å². The van der Waals surface area contributed by atoms with E-state index in [0.717, 1.165) is 55.3 Å². The fraction of sp³-hybridized carbons (Fsp3) is 0.542. The van der Waals surface area contributed by atoms with E-state index in [1.54, 1.807) is 7.11 Å². The van der Waals surface area contributed by atoms with Gasteiger partial charge in [0.1, 0.15) is 11.6 Å². The molecule has 0 radical (unpaired) electrons. The summed E-state index contributed by atoms with van der Waals surface area (Å²) >= 11 is 0. The van der Waals surface area contributed by atoms with E-state index in [2.05, 4.69) is 28.9 Å². The Morgan fingerprint density at radius 1 is 1.26 bits per heavy atom. The van der Waals surface area contributed by atoms with Gasteiger partial charge < -0.3 is 14.6 Å². The molecule has 0 spiro atoms. The molecule has 3 aliphatic rings. The molecule has 2 aliphatic heterocycles. The maximum absolute atomic E-state index is 12.7. The highest BCUT2D eigenvalue weighted by atomic mass is 16.5. The summed E-state index contributed by atoms with van der Waals surface area (Å²) < 4.78 is 5.24. The first kappa shape index (κ1) is 20.2. The molecule has 2 fully saturated rings. The highest BCUT2D eigenvalue weighted by Gasteiger charge is 2.43. The van der Waals surface area contributed by atoms with Crippen molar-refractivity contribution >= 4 is 5.91 Å². The van der Waals surface area contributed by atoms with Gasteiger partial charge in [0.15, 0.2) is 0 Å². The molecule has 1 N–H and O–H groups in total. The van der Waals surface area contributed by atoms with Crippen molar-refractivity contribution in [3.63, 3.8) is 0 Å². The minimum absolute atomic E-state index is 0.00955. The number of amides is 1. The van der Waals surface area contributed by atoms with E-state index < -0.39 is 0 Å². The average molecular weight is 423 g/mol. The van der Waals surface area contributed by atoms with Crippen LogP contribution in [0.25, 0.3) is 0 Å². The molecule has 1 aromatic heterocycles. The molecule has 5 rings (SSSR count). The van der Waals surface area contributed by atoms with Crippen molar-refractivity contribution < 1.29 is 9.53 Å². The van der Waals surface area contributed by atoms with Crippen LogP contribution in [0.4, 0.5) is 0 Å². The number of rotatable bonds is 5. The van der Waals surface area contributed by atoms with Gasteiger partial charge in [-0.25, -0.2) is 4.98 Å². The standard InChI is InChI=1S/C24H30N4O3/c1-15-11-20(15)24(30)28-10-7-17(13-28)22-25-21-14-27(9-8-19(21)23(29)26-22)12-16-3-5-18(31-2)6-4-16/h3-6,15,17,20H,7-14H2,1-2H3,(H,25,26,29)/t15-,17-,20+/m1/s1. The number of nitrogens with one attached hydrogen (secondary N) is 1. The zero-order chi connectivity index (χ0) is 21.5. The quantitative estimate of drug-likeness (QED) is 0.800. The number of methoxy groups -OCH3 is 1. The van der Waals surface area contributed by atoms with Crippen LogP contribution in [0.1, 0.15) is 48.3 Å². The van der Waals surface area contributed by atoms with Crippen molar-refractivity contribution in [3.05, 3.63) is 57.3 Å². The highest BCUT2D eigenvalue weighted by Crippen LogP contribution is 2.40. The van der Waals surface area contributed by atoms with Gasteiger partial charge in [0.2, 0.25) is 5.91 Å². The fourth-order valence-corrected chi connectivity index (χ4v) is 4.91. The second-order valence-electron chi connectivity index (χ2n) is 9.27. The largest absolute Gasteiger partial charge is 0.497 e. The third-order valence-electron chi connectivity index (χ3n) is 7.05. The summed E-state index contributed by atoms with van der Waals surface area (Å²) in [6.07, 6.45) is 2.59. The van der Waals surface area contributed by atoms with Gasteiger partial charge in [-0.15, -0.1) is 0 Å². The van der Waals surface area contributed by atoms with Crippen molar-refractivity contribution in [1.82, 2.24) is 19.8 Å². The van der Waals surface area contributed by atoms with Gasteiger partial charge in [0.25, 0.3) is 5.56 Å². The first-order valence-electron chi connectivity index (χ1n) is 11.3. The Bertz CT molecular complexity index is 1030. The zero-order valence-corrected chi connectivity index (χ0v) is 18.3. The summed E-state index contributed by atoms with van der Waals surface area (Å²) in [5.41, 5.74) is 2.91. The van der Waals surface area contributed by atoms with Crippen molar-refractivity contribution in [2.24, 2.45) is 11.8 Å². The van der Waals surface area contributed by atoms with E-state index >= 15 is 0 Å². The molecule has 0 bridgehead atoms. The van der Waals surface area contributed by atoms with Crippen LogP contribution in [0.15, 0.2) is 29.1 Å². The lowest BCUT2D eigenvalue weighted by Gasteiger charge is -2.28. The van der Waals surface area contributed by atoms with E-state index in [4.69, 9.17) is 9.72 Å². The third kappa shape index (κ3) is 4.11. The summed E-state index contributed by atoms with van der Waals surface area (Å²) in [5, 5.41) is 0. The zero-order valence-electron chi connectivity index (χ0n) is 18.3. The number of aromatic amines is 1. The number of carbonyl (C=O) groups is 1. The third-order valence-corrected chi connectivity index (χ3v) is 7.05. The number of fused-ring (bicyclic) bond motifs is 1. The molecule has 0 unspecified atom stereocenters. The van der Waals surface area contributed by atoms with Crippen LogP contribution in [0.2, 0.25) is 0 Å². The first-order chi connectivity index (χ1) is 15.0. The molecule has 7 heteroatoms. The topological polar surface area (TPSA) is 78.5 Å². The summed E-state index contributed by atoms with van der Waals surface area (Å²) in [4.78, 5) is 37.5. The lowest BCUT2D eigenvalue weighted by atomic mass is 10.0. The Kier molecular flexibility index (Phi) is 5.30. The van der Waals surface area contributed by atoms with Crippen LogP contribution in [-0.4, -0.2) is 52.4 Å². The van der Waals surface area contributed by atoms with Crippen molar-refractivity contribution in [2.45, 2.75) is 45.2 Å². The normalized spacial score (nSPS) is 25.4. The van der Waals surface area contributed by atoms with Gasteiger partial charge in [-0.3, -0.25) is 14.5 Å². The summed E-state index contributed by atoms with van der Waals surface area (Å²) in [5.74, 6) is 2.72. The number of H-pyrrole nitrogens is 1. The molecule has 164 valence electrons. The number of nitrogens with zero attached hydrogens (tertiary/aromatic N) is 3. The van der Waals surface area contributed by atoms with Gasteiger partial charge in [-0.2, -0.15) is 0 Å². The van der Waals surface area contributed by atoms with E-state index in [1.807, 2.05) is 17.0 Å². The Hall–Kier alpha value is -2.67. The number of aromatic nitrogens is 2. The molecule has 7 nitrogen and oxygen atoms in total. The van der Waals surface area contributed by atoms with E-state index in [1.165, 1.54) is 5.56 Å². The summed E-state index contributed by atoms with van der Waals surface area (Å²) in [6, 6.07) is 8.11. The Morgan fingerprint density at radius 2 is 2.03 bits per heavy atom. The number of benzene rings is 1. The van der Waals surface area contributed by atoms with E-state index in [0.29, 0.717) is 25.4 Å². The minimum Gasteiger partial charge on any atom is -0.497 e. The molecular formula is C24H30N4O3. The number of carbonyl (C=O) groups excluding carboxylic acids is 1. The first-order valence-corrected chi connectivity index (χ1v) is 11.3. The summed E-state index contributed by atoms with van der Waals surface area (Å²) in [6.45, 7) is 5.90. The molecule has 2 aromatic rings. The Labute approximate surface area is 182 Å². The van der Waals surface area contributed by atoms with Gasteiger partial charge in [-0.05, 0) is 42.9 Å². The predicted octanol–water partition coefficient (Wildman–Crippen LogP) is 2.31. The van der Waals surface area contributed by atoms with Crippen LogP contribution in [0, 0.1) is 11.8 Å². The number of likely N-dealkylation sites (tertiary alicyclic amines) is 1. The fourth-order valence-electron chi connectivity index (χ4n) is 4.91. The Balaban J connectivity index is 1.28. The maximum Gasteiger partial charge on any atom is 0.254 e. The molecule has 31 heavy (non-hydrogen) atoms. The van der Waals surface area contributed by atoms with Crippen molar-refractivity contribution in [1.29, 1.82) is 0 Å². The number of ether oxygens (including phenoxy) is 1. The van der Waals surface area contributed by atoms with Gasteiger partial charge in [0.05, 0.1) is 12.8 Å². The van der Waals surface area contributed by atoms with Crippen LogP contribution in [0.3, 0.4) is 0 Å². The average Bonchev–Trinajstić information content (AvgIpc) is 3.30. The van der Waals surface area contributed by atoms with Crippen molar-refractivity contribution in [3.8, 4) is 5.75 Å². The van der Waals surface area contributed by atoms with E-state index in [9.17, 15) is 9.59 Å². The molecule has 3 atom stereocenters. The Morgan fingerprint density at radius 3 is 2.74 bits per heavy atom. The van der Waals surface area contributed by atoms with Crippen LogP contribution < -0.4 is 10.3 Å². The molecule has 3 heterocycles. The maximum atomic E-state index is 12.7. The van der Waals surface area contributed by atoms with E-state index in [-0.39, 0.29) is 23.3 Å². The summed E-state index contributed by atoms with van der Waals surface area (Å²) in [7, 11) is 1.67. The molecule has 1 aliphatic carbocycles.